The number of halogens is 2. The summed E-state index contributed by atoms with van der Waals surface area (Å²) >= 11 is 6.71. The molecule has 1 aromatic carbocycles. The third-order valence-corrected chi connectivity index (χ3v) is 3.27. The van der Waals surface area contributed by atoms with Crippen molar-refractivity contribution in [3.8, 4) is 0 Å². The summed E-state index contributed by atoms with van der Waals surface area (Å²) < 4.78 is 1.72. The van der Waals surface area contributed by atoms with Crippen LogP contribution < -0.4 is 0 Å². The molecule has 2 aromatic rings. The molecular formula is C9H5Br2NO2. The maximum Gasteiger partial charge on any atom is 0.352 e. The van der Waals surface area contributed by atoms with Gasteiger partial charge in [0.05, 0.1) is 5.52 Å². The minimum absolute atomic E-state index is 0.188. The smallest absolute Gasteiger partial charge is 0.352 e. The normalized spacial score (nSPS) is 10.7. The molecule has 0 bridgehead atoms. The number of carboxylic acids is 1. The van der Waals surface area contributed by atoms with Crippen molar-refractivity contribution < 1.29 is 9.90 Å². The van der Waals surface area contributed by atoms with Gasteiger partial charge in [0.1, 0.15) is 5.69 Å². The van der Waals surface area contributed by atoms with E-state index in [2.05, 4.69) is 36.8 Å². The minimum atomic E-state index is -0.958. The molecular weight excluding hydrogens is 314 g/mol. The fourth-order valence-electron chi connectivity index (χ4n) is 1.27. The summed E-state index contributed by atoms with van der Waals surface area (Å²) in [5.41, 5.74) is 0.976. The first kappa shape index (κ1) is 9.73. The van der Waals surface area contributed by atoms with E-state index in [0.717, 1.165) is 19.8 Å². The van der Waals surface area contributed by atoms with Gasteiger partial charge in [-0.25, -0.2) is 4.79 Å². The highest BCUT2D eigenvalue weighted by molar-refractivity contribution is 9.11. The molecule has 1 aromatic heterocycles. The Kier molecular flexibility index (Phi) is 2.36. The number of H-pyrrole nitrogens is 1. The summed E-state index contributed by atoms with van der Waals surface area (Å²) in [6, 6.07) is 5.33. The lowest BCUT2D eigenvalue weighted by molar-refractivity contribution is 0.0691. The monoisotopic (exact) mass is 317 g/mol. The molecule has 3 nitrogen and oxygen atoms in total. The highest BCUT2D eigenvalue weighted by Gasteiger charge is 2.11. The molecule has 0 unspecified atom stereocenters. The third kappa shape index (κ3) is 1.46. The molecule has 14 heavy (non-hydrogen) atoms. The summed E-state index contributed by atoms with van der Waals surface area (Å²) in [4.78, 5) is 13.6. The Morgan fingerprint density at radius 1 is 1.29 bits per heavy atom. The number of carbonyl (C=O) groups is 1. The van der Waals surface area contributed by atoms with Gasteiger partial charge in [0.2, 0.25) is 0 Å². The first-order chi connectivity index (χ1) is 6.59. The average molecular weight is 319 g/mol. The quantitative estimate of drug-likeness (QED) is 0.846. The van der Waals surface area contributed by atoms with E-state index in [1.54, 1.807) is 6.07 Å². The number of hydrogen-bond donors (Lipinski definition) is 2. The Labute approximate surface area is 96.4 Å². The number of aromatic amines is 1. The number of benzene rings is 1. The second-order valence-corrected chi connectivity index (χ2v) is 4.51. The molecule has 72 valence electrons. The van der Waals surface area contributed by atoms with Gasteiger partial charge < -0.3 is 10.1 Å². The molecule has 0 saturated heterocycles. The van der Waals surface area contributed by atoms with Crippen molar-refractivity contribution >= 4 is 48.7 Å². The van der Waals surface area contributed by atoms with E-state index in [1.165, 1.54) is 0 Å². The van der Waals surface area contributed by atoms with E-state index >= 15 is 0 Å². The van der Waals surface area contributed by atoms with Gasteiger partial charge in [-0.2, -0.15) is 0 Å². The van der Waals surface area contributed by atoms with Crippen LogP contribution in [0, 0.1) is 0 Å². The Morgan fingerprint density at radius 2 is 1.93 bits per heavy atom. The first-order valence-electron chi connectivity index (χ1n) is 3.79. The number of nitrogens with one attached hydrogen (secondary N) is 1. The zero-order valence-electron chi connectivity index (χ0n) is 6.84. The topological polar surface area (TPSA) is 53.1 Å². The summed E-state index contributed by atoms with van der Waals surface area (Å²) in [5, 5.41) is 9.66. The molecule has 2 rings (SSSR count). The number of aromatic nitrogens is 1. The lowest BCUT2D eigenvalue weighted by Crippen LogP contribution is -1.94. The number of fused-ring (bicyclic) bond motifs is 1. The van der Waals surface area contributed by atoms with Crippen LogP contribution in [0.5, 0.6) is 0 Å². The van der Waals surface area contributed by atoms with Gasteiger partial charge in [0.15, 0.2) is 0 Å². The van der Waals surface area contributed by atoms with Crippen LogP contribution >= 0.6 is 31.9 Å². The Balaban J connectivity index is 2.82. The fraction of sp³-hybridized carbons (Fsp3) is 0. The summed E-state index contributed by atoms with van der Waals surface area (Å²) in [7, 11) is 0. The minimum Gasteiger partial charge on any atom is -0.477 e. The highest BCUT2D eigenvalue weighted by Crippen LogP contribution is 2.30. The summed E-state index contributed by atoms with van der Waals surface area (Å²) in [6.45, 7) is 0. The maximum atomic E-state index is 10.7. The molecule has 0 amide bonds. The lowest BCUT2D eigenvalue weighted by Gasteiger charge is -1.95. The van der Waals surface area contributed by atoms with Gasteiger partial charge in [0, 0.05) is 14.3 Å². The number of aromatic carboxylic acids is 1. The molecule has 0 aliphatic heterocycles. The Hall–Kier alpha value is -0.810. The number of hydrogen-bond acceptors (Lipinski definition) is 1. The van der Waals surface area contributed by atoms with Crippen molar-refractivity contribution in [3.63, 3.8) is 0 Å². The summed E-state index contributed by atoms with van der Waals surface area (Å²) in [5.74, 6) is -0.958. The molecule has 0 aliphatic carbocycles. The van der Waals surface area contributed by atoms with Gasteiger partial charge in [-0.3, -0.25) is 0 Å². The average Bonchev–Trinajstić information content (AvgIpc) is 2.57. The Morgan fingerprint density at radius 3 is 2.50 bits per heavy atom. The van der Waals surface area contributed by atoms with Crippen LogP contribution in [0.1, 0.15) is 10.5 Å². The van der Waals surface area contributed by atoms with Crippen molar-refractivity contribution in [2.24, 2.45) is 0 Å². The molecule has 0 fully saturated rings. The number of rotatable bonds is 1. The zero-order valence-corrected chi connectivity index (χ0v) is 10.0. The molecule has 0 atom stereocenters. The molecule has 0 spiro atoms. The van der Waals surface area contributed by atoms with Crippen molar-refractivity contribution in [1.29, 1.82) is 0 Å². The van der Waals surface area contributed by atoms with Crippen LogP contribution in [0.25, 0.3) is 10.9 Å². The largest absolute Gasteiger partial charge is 0.477 e. The number of carboxylic acid groups (broad SMARTS) is 1. The van der Waals surface area contributed by atoms with E-state index in [1.807, 2.05) is 12.1 Å². The van der Waals surface area contributed by atoms with Crippen LogP contribution in [0.4, 0.5) is 0 Å². The lowest BCUT2D eigenvalue weighted by atomic mass is 10.2. The van der Waals surface area contributed by atoms with E-state index in [0.29, 0.717) is 0 Å². The second-order valence-electron chi connectivity index (χ2n) is 2.81. The van der Waals surface area contributed by atoms with Crippen molar-refractivity contribution in [1.82, 2.24) is 4.98 Å². The van der Waals surface area contributed by atoms with Gasteiger partial charge in [-0.15, -0.1) is 0 Å². The highest BCUT2D eigenvalue weighted by atomic mass is 79.9. The van der Waals surface area contributed by atoms with Gasteiger partial charge in [-0.05, 0) is 34.1 Å². The Bertz CT molecular complexity index is 480. The van der Waals surface area contributed by atoms with Crippen LogP contribution in [0.3, 0.4) is 0 Å². The molecule has 2 N–H and O–H groups in total. The molecule has 0 radical (unpaired) electrons. The van der Waals surface area contributed by atoms with Crippen molar-refractivity contribution in [2.45, 2.75) is 0 Å². The van der Waals surface area contributed by atoms with Crippen molar-refractivity contribution in [2.75, 3.05) is 0 Å². The van der Waals surface area contributed by atoms with E-state index < -0.39 is 5.97 Å². The molecule has 0 saturated carbocycles. The predicted molar refractivity (Wildman–Crippen MR) is 60.7 cm³/mol. The molecule has 0 aliphatic rings. The SMILES string of the molecule is O=C(O)c1cc2c(Br)ccc(Br)c2[nH]1. The van der Waals surface area contributed by atoms with Crippen LogP contribution in [0.15, 0.2) is 27.1 Å². The maximum absolute atomic E-state index is 10.7. The molecule has 5 heteroatoms. The predicted octanol–water partition coefficient (Wildman–Crippen LogP) is 3.39. The van der Waals surface area contributed by atoms with Crippen LogP contribution in [-0.4, -0.2) is 16.1 Å². The van der Waals surface area contributed by atoms with E-state index in [-0.39, 0.29) is 5.69 Å². The zero-order chi connectivity index (χ0) is 10.3. The van der Waals surface area contributed by atoms with Crippen molar-refractivity contribution in [3.05, 3.63) is 32.8 Å². The molecule has 1 heterocycles. The van der Waals surface area contributed by atoms with Gasteiger partial charge in [0.25, 0.3) is 0 Å². The second kappa shape index (κ2) is 3.40. The van der Waals surface area contributed by atoms with E-state index in [9.17, 15) is 4.79 Å². The van der Waals surface area contributed by atoms with Gasteiger partial charge in [-0.1, -0.05) is 15.9 Å². The van der Waals surface area contributed by atoms with Crippen LogP contribution in [-0.2, 0) is 0 Å². The van der Waals surface area contributed by atoms with E-state index in [4.69, 9.17) is 5.11 Å². The van der Waals surface area contributed by atoms with Gasteiger partial charge >= 0.3 is 5.97 Å². The van der Waals surface area contributed by atoms with Crippen LogP contribution in [0.2, 0.25) is 0 Å². The fourth-order valence-corrected chi connectivity index (χ4v) is 2.16. The standard InChI is InChI=1S/C9H5Br2NO2/c10-5-1-2-6(11)8-4(5)3-7(12-8)9(13)14/h1-3,12H,(H,13,14). The first-order valence-corrected chi connectivity index (χ1v) is 5.38. The third-order valence-electron chi connectivity index (χ3n) is 1.92. The summed E-state index contributed by atoms with van der Waals surface area (Å²) in [6.07, 6.45) is 0.